The number of halogens is 6. The highest BCUT2D eigenvalue weighted by molar-refractivity contribution is 7.84. The van der Waals surface area contributed by atoms with E-state index in [0.717, 1.165) is 6.08 Å². The molecule has 0 aliphatic carbocycles. The standard InChI is InChI=1S/C39H44F6N2O6S.C4H6O2/c1-27(29-21-31(38(40,41)42)23-32(22-29)39(43,44)45)53-26-37(30-15-10-7-11-16-30)20-19-36(18-12-17-33(48)51-5,46-54(50)35(2,3)4)25-47(37)34(49)52-24-28-13-8-6-9-14-28;1-3-4(5)6-2/h6-17,21-23,27,46H,18-20,24-26H2,1-5H3;3H,1H2,2H3/b17-12+;/t27-,36-,37-,54?;/m1./s1. The molecule has 60 heavy (non-hydrogen) atoms. The van der Waals surface area contributed by atoms with Gasteiger partial charge in [0.1, 0.15) is 6.61 Å². The molecule has 0 bridgehead atoms. The molecular weight excluding hydrogens is 819 g/mol. The molecule has 0 spiro atoms. The number of methoxy groups -OCH3 is 2. The van der Waals surface area contributed by atoms with Crippen LogP contribution in [-0.4, -0.2) is 64.8 Å². The van der Waals surface area contributed by atoms with E-state index in [0.29, 0.717) is 23.3 Å². The number of piperidine rings is 1. The molecule has 1 unspecified atom stereocenters. The molecule has 4 rings (SSSR count). The summed E-state index contributed by atoms with van der Waals surface area (Å²) in [6.45, 7) is 9.16. The zero-order valence-electron chi connectivity index (χ0n) is 34.2. The summed E-state index contributed by atoms with van der Waals surface area (Å²) in [7, 11) is 0.860. The van der Waals surface area contributed by atoms with Crippen LogP contribution in [0.15, 0.2) is 104 Å². The lowest BCUT2D eigenvalue weighted by molar-refractivity contribution is -0.143. The van der Waals surface area contributed by atoms with Gasteiger partial charge in [0.2, 0.25) is 0 Å². The maximum atomic E-state index is 14.4. The van der Waals surface area contributed by atoms with E-state index in [-0.39, 0.29) is 50.7 Å². The Hall–Kier alpha value is -5.00. The number of nitrogens with one attached hydrogen (secondary N) is 1. The summed E-state index contributed by atoms with van der Waals surface area (Å²) in [4.78, 5) is 37.7. The molecule has 3 aromatic rings. The summed E-state index contributed by atoms with van der Waals surface area (Å²) in [6, 6.07) is 18.8. The minimum atomic E-state index is -5.06. The van der Waals surface area contributed by atoms with Crippen molar-refractivity contribution in [2.24, 2.45) is 0 Å². The van der Waals surface area contributed by atoms with Crippen molar-refractivity contribution < 1.29 is 63.9 Å². The van der Waals surface area contributed by atoms with Gasteiger partial charge in [0, 0.05) is 18.7 Å². The summed E-state index contributed by atoms with van der Waals surface area (Å²) in [5, 5.41) is 0. The van der Waals surface area contributed by atoms with Gasteiger partial charge in [-0.25, -0.2) is 23.3 Å². The van der Waals surface area contributed by atoms with E-state index in [4.69, 9.17) is 14.2 Å². The van der Waals surface area contributed by atoms with E-state index in [1.165, 1.54) is 32.1 Å². The molecular formula is C43H50F6N2O8S. The second-order valence-electron chi connectivity index (χ2n) is 14.9. The van der Waals surface area contributed by atoms with Crippen molar-refractivity contribution in [3.05, 3.63) is 131 Å². The summed E-state index contributed by atoms with van der Waals surface area (Å²) >= 11 is 0. The number of esters is 2. The molecule has 1 fully saturated rings. The highest BCUT2D eigenvalue weighted by Crippen LogP contribution is 2.45. The van der Waals surface area contributed by atoms with E-state index in [9.17, 15) is 44.9 Å². The van der Waals surface area contributed by atoms with Gasteiger partial charge in [-0.2, -0.15) is 26.3 Å². The first-order valence-electron chi connectivity index (χ1n) is 18.6. The Morgan fingerprint density at radius 2 is 1.42 bits per heavy atom. The zero-order valence-corrected chi connectivity index (χ0v) is 35.0. The van der Waals surface area contributed by atoms with Gasteiger partial charge in [-0.1, -0.05) is 73.3 Å². The molecule has 1 amide bonds. The van der Waals surface area contributed by atoms with Crippen molar-refractivity contribution >= 4 is 29.0 Å². The molecule has 4 atom stereocenters. The van der Waals surface area contributed by atoms with Gasteiger partial charge in [-0.05, 0) is 81.8 Å². The fraction of sp³-hybridized carbons (Fsp3) is 0.419. The Balaban J connectivity index is 0.00000149. The SMILES string of the molecule is C=CC(=O)OC.COC(=O)/C=C/C[C@@]1(NS(=O)C(C)(C)C)CC[C@@](CO[C@H](C)c2cc(C(F)(F)F)cc(C(F)(F)F)c2)(c2ccccc2)N(C(=O)OCc2ccccc2)C1. The summed E-state index contributed by atoms with van der Waals surface area (Å²) < 4.78 is 120. The number of benzene rings is 3. The fourth-order valence-corrected chi connectivity index (χ4v) is 7.13. The number of ether oxygens (including phenoxy) is 4. The Labute approximate surface area is 348 Å². The first-order valence-corrected chi connectivity index (χ1v) is 19.7. The second kappa shape index (κ2) is 21.0. The smallest absolute Gasteiger partial charge is 0.416 e. The number of carbonyl (C=O) groups excluding carboxylic acids is 3. The van der Waals surface area contributed by atoms with Crippen molar-refractivity contribution in [3.8, 4) is 0 Å². The predicted molar refractivity (Wildman–Crippen MR) is 213 cm³/mol. The first-order chi connectivity index (χ1) is 28.0. The van der Waals surface area contributed by atoms with Crippen LogP contribution in [0.5, 0.6) is 0 Å². The molecule has 328 valence electrons. The Morgan fingerprint density at radius 3 is 1.90 bits per heavy atom. The minimum Gasteiger partial charge on any atom is -0.466 e. The minimum absolute atomic E-state index is 0.0516. The normalized spacial score (nSPS) is 19.4. The van der Waals surface area contributed by atoms with E-state index in [1.807, 2.05) is 0 Å². The largest absolute Gasteiger partial charge is 0.466 e. The number of rotatable bonds is 13. The third kappa shape index (κ3) is 13.8. The van der Waals surface area contributed by atoms with Crippen LogP contribution in [0, 0.1) is 0 Å². The van der Waals surface area contributed by atoms with Crippen LogP contribution in [0.4, 0.5) is 31.1 Å². The summed E-state index contributed by atoms with van der Waals surface area (Å²) in [5.74, 6) is -1.02. The molecule has 1 saturated heterocycles. The summed E-state index contributed by atoms with van der Waals surface area (Å²) in [6.07, 6.45) is -7.89. The molecule has 1 heterocycles. The van der Waals surface area contributed by atoms with Gasteiger partial charge < -0.3 is 18.9 Å². The van der Waals surface area contributed by atoms with Gasteiger partial charge >= 0.3 is 30.4 Å². The van der Waals surface area contributed by atoms with Crippen molar-refractivity contribution in [1.82, 2.24) is 9.62 Å². The predicted octanol–water partition coefficient (Wildman–Crippen LogP) is 9.39. The quantitative estimate of drug-likeness (QED) is 0.0782. The van der Waals surface area contributed by atoms with Gasteiger partial charge in [-0.15, -0.1) is 0 Å². The van der Waals surface area contributed by atoms with Gasteiger partial charge in [0.15, 0.2) is 0 Å². The molecule has 17 heteroatoms. The number of nitrogens with zero attached hydrogens (tertiary/aromatic N) is 1. The van der Waals surface area contributed by atoms with Crippen molar-refractivity contribution in [3.63, 3.8) is 0 Å². The van der Waals surface area contributed by atoms with Crippen molar-refractivity contribution in [2.75, 3.05) is 27.4 Å². The third-order valence-corrected chi connectivity index (χ3v) is 11.3. The Kier molecular flexibility index (Phi) is 17.3. The Morgan fingerprint density at radius 1 is 0.867 bits per heavy atom. The highest BCUT2D eigenvalue weighted by atomic mass is 32.2. The van der Waals surface area contributed by atoms with Crippen LogP contribution >= 0.6 is 0 Å². The van der Waals surface area contributed by atoms with Crippen LogP contribution in [-0.2, 0) is 64.0 Å². The number of hydrogen-bond acceptors (Lipinski definition) is 8. The number of amides is 1. The average Bonchev–Trinajstić information content (AvgIpc) is 3.21. The van der Waals surface area contributed by atoms with Crippen LogP contribution in [0.3, 0.4) is 0 Å². The monoisotopic (exact) mass is 868 g/mol. The topological polar surface area (TPSA) is 120 Å². The van der Waals surface area contributed by atoms with E-state index in [1.54, 1.807) is 87.5 Å². The van der Waals surface area contributed by atoms with E-state index < -0.39 is 74.4 Å². The molecule has 0 radical (unpaired) electrons. The third-order valence-electron chi connectivity index (χ3n) is 9.58. The van der Waals surface area contributed by atoms with Crippen molar-refractivity contribution in [2.45, 2.75) is 87.8 Å². The number of carbonyl (C=O) groups is 3. The lowest BCUT2D eigenvalue weighted by atomic mass is 9.74. The molecule has 0 saturated carbocycles. The summed E-state index contributed by atoms with van der Waals surface area (Å²) in [5.41, 5.74) is -4.57. The van der Waals surface area contributed by atoms with Crippen LogP contribution in [0.25, 0.3) is 0 Å². The average molecular weight is 869 g/mol. The molecule has 10 nitrogen and oxygen atoms in total. The lowest BCUT2D eigenvalue weighted by Crippen LogP contribution is -2.67. The zero-order chi connectivity index (χ0) is 44.9. The number of alkyl halides is 6. The van der Waals surface area contributed by atoms with Gasteiger partial charge in [0.05, 0.1) is 64.9 Å². The second-order valence-corrected chi connectivity index (χ2v) is 16.9. The lowest BCUT2D eigenvalue weighted by Gasteiger charge is -2.53. The molecule has 1 aliphatic heterocycles. The molecule has 0 aromatic heterocycles. The van der Waals surface area contributed by atoms with E-state index >= 15 is 0 Å². The molecule has 1 aliphatic rings. The number of likely N-dealkylation sites (tertiary alicyclic amines) is 1. The van der Waals surface area contributed by atoms with Gasteiger partial charge in [-0.3, -0.25) is 4.90 Å². The van der Waals surface area contributed by atoms with Crippen LogP contribution in [0.1, 0.15) is 80.9 Å². The van der Waals surface area contributed by atoms with Crippen molar-refractivity contribution in [1.29, 1.82) is 0 Å². The van der Waals surface area contributed by atoms with Gasteiger partial charge in [0.25, 0.3) is 0 Å². The maximum absolute atomic E-state index is 14.4. The highest BCUT2D eigenvalue weighted by Gasteiger charge is 2.53. The molecule has 3 aromatic carbocycles. The number of hydrogen-bond donors (Lipinski definition) is 1. The first kappa shape index (κ1) is 49.4. The van der Waals surface area contributed by atoms with E-state index in [2.05, 4.69) is 16.0 Å². The van der Waals surface area contributed by atoms with Crippen LogP contribution < -0.4 is 4.72 Å². The van der Waals surface area contributed by atoms with Crippen LogP contribution in [0.2, 0.25) is 0 Å². The Bertz CT molecular complexity index is 1940. The maximum Gasteiger partial charge on any atom is 0.416 e. The fourth-order valence-electron chi connectivity index (χ4n) is 6.18. The molecule has 1 N–H and O–H groups in total.